The number of pyridine rings is 1. The van der Waals surface area contributed by atoms with Crippen molar-refractivity contribution in [3.05, 3.63) is 89.4 Å². The van der Waals surface area contributed by atoms with E-state index in [0.29, 0.717) is 42.4 Å². The molecule has 8 nitrogen and oxygen atoms in total. The van der Waals surface area contributed by atoms with Crippen molar-refractivity contribution >= 4 is 22.4 Å². The molecule has 194 valence electrons. The van der Waals surface area contributed by atoms with Crippen molar-refractivity contribution in [1.29, 1.82) is 0 Å². The molecule has 0 aliphatic carbocycles. The standard InChI is InChI=1S/C28H27F2N7O/c1-3-38-20-13-23(29)22(24(30)14-20)16-37-25-7-5-4-6-21(25)26(36-37)28-33-15-18(8-10-31)27(35-28)34-19-9-11-32-17(2)12-19/h4-7,9,11-15H,3,8,10,16,31H2,1-2H3,(H,32,33,34,35). The summed E-state index contributed by atoms with van der Waals surface area (Å²) in [6.07, 6.45) is 4.03. The van der Waals surface area contributed by atoms with Crippen molar-refractivity contribution < 1.29 is 13.5 Å². The summed E-state index contributed by atoms with van der Waals surface area (Å²) in [7, 11) is 0. The van der Waals surface area contributed by atoms with Crippen molar-refractivity contribution in [1.82, 2.24) is 24.7 Å². The molecule has 0 aliphatic heterocycles. The molecule has 0 amide bonds. The minimum atomic E-state index is -0.698. The Balaban J connectivity index is 1.56. The van der Waals surface area contributed by atoms with Gasteiger partial charge in [-0.1, -0.05) is 18.2 Å². The van der Waals surface area contributed by atoms with Crippen LogP contribution in [-0.2, 0) is 13.0 Å². The number of rotatable bonds is 9. The fourth-order valence-corrected chi connectivity index (χ4v) is 4.27. The van der Waals surface area contributed by atoms with E-state index >= 15 is 0 Å². The van der Waals surface area contributed by atoms with Crippen molar-refractivity contribution in [3.63, 3.8) is 0 Å². The van der Waals surface area contributed by atoms with Gasteiger partial charge in [0.05, 0.1) is 18.7 Å². The van der Waals surface area contributed by atoms with Gasteiger partial charge in [0.25, 0.3) is 0 Å². The lowest BCUT2D eigenvalue weighted by molar-refractivity contribution is 0.335. The molecular formula is C28H27F2N7O. The molecule has 0 fully saturated rings. The molecule has 0 aliphatic rings. The number of ether oxygens (including phenoxy) is 1. The molecule has 3 aromatic heterocycles. The minimum Gasteiger partial charge on any atom is -0.494 e. The van der Waals surface area contributed by atoms with Crippen LogP contribution >= 0.6 is 0 Å². The van der Waals surface area contributed by atoms with E-state index < -0.39 is 11.6 Å². The molecule has 3 heterocycles. The van der Waals surface area contributed by atoms with Crippen LogP contribution in [0.3, 0.4) is 0 Å². The Morgan fingerprint density at radius 1 is 1.05 bits per heavy atom. The number of aromatic nitrogens is 5. The van der Waals surface area contributed by atoms with E-state index in [9.17, 15) is 8.78 Å². The van der Waals surface area contributed by atoms with Crippen LogP contribution in [0.25, 0.3) is 22.4 Å². The summed E-state index contributed by atoms with van der Waals surface area (Å²) < 4.78 is 36.5. The quantitative estimate of drug-likeness (QED) is 0.279. The maximum Gasteiger partial charge on any atom is 0.182 e. The number of nitrogens with one attached hydrogen (secondary N) is 1. The van der Waals surface area contributed by atoms with Crippen LogP contribution in [0.5, 0.6) is 5.75 Å². The predicted octanol–water partition coefficient (Wildman–Crippen LogP) is 5.17. The van der Waals surface area contributed by atoms with Gasteiger partial charge in [0.2, 0.25) is 0 Å². The van der Waals surface area contributed by atoms with Gasteiger partial charge < -0.3 is 15.8 Å². The lowest BCUT2D eigenvalue weighted by Crippen LogP contribution is -2.09. The third kappa shape index (κ3) is 5.16. The Bertz CT molecular complexity index is 1580. The van der Waals surface area contributed by atoms with Gasteiger partial charge >= 0.3 is 0 Å². The number of nitrogens with zero attached hydrogens (tertiary/aromatic N) is 5. The first-order valence-corrected chi connectivity index (χ1v) is 12.3. The monoisotopic (exact) mass is 515 g/mol. The molecule has 2 aromatic carbocycles. The Hall–Kier alpha value is -4.44. The van der Waals surface area contributed by atoms with Crippen LogP contribution in [-0.4, -0.2) is 37.9 Å². The largest absolute Gasteiger partial charge is 0.494 e. The number of hydrogen-bond acceptors (Lipinski definition) is 7. The highest BCUT2D eigenvalue weighted by molar-refractivity contribution is 5.91. The molecule has 0 radical (unpaired) electrons. The SMILES string of the molecule is CCOc1cc(F)c(Cn2nc(-c3ncc(CCN)c(Nc4ccnc(C)c4)n3)c3ccccc32)c(F)c1. The topological polar surface area (TPSA) is 104 Å². The lowest BCUT2D eigenvalue weighted by Gasteiger charge is -2.12. The minimum absolute atomic E-state index is 0.108. The number of nitrogens with two attached hydrogens (primary N) is 1. The fourth-order valence-electron chi connectivity index (χ4n) is 4.27. The maximum atomic E-state index is 14.8. The zero-order chi connectivity index (χ0) is 26.6. The highest BCUT2D eigenvalue weighted by atomic mass is 19.1. The third-order valence-electron chi connectivity index (χ3n) is 6.04. The number of halogens is 2. The fraction of sp³-hybridized carbons (Fsp3) is 0.214. The number of hydrogen-bond donors (Lipinski definition) is 2. The van der Waals surface area contributed by atoms with Gasteiger partial charge in [-0.2, -0.15) is 5.10 Å². The summed E-state index contributed by atoms with van der Waals surface area (Å²) in [5, 5.41) is 8.80. The Labute approximate surface area is 218 Å². The van der Waals surface area contributed by atoms with Gasteiger partial charge in [-0.15, -0.1) is 0 Å². The second kappa shape index (κ2) is 10.9. The molecule has 0 atom stereocenters. The first-order chi connectivity index (χ1) is 18.5. The van der Waals surface area contributed by atoms with E-state index in [0.717, 1.165) is 22.3 Å². The summed E-state index contributed by atoms with van der Waals surface area (Å²) in [4.78, 5) is 13.6. The van der Waals surface area contributed by atoms with Crippen molar-refractivity contribution in [2.24, 2.45) is 5.73 Å². The molecule has 3 N–H and O–H groups in total. The second-order valence-corrected chi connectivity index (χ2v) is 8.74. The second-order valence-electron chi connectivity index (χ2n) is 8.74. The molecule has 0 saturated carbocycles. The van der Waals surface area contributed by atoms with E-state index in [1.165, 1.54) is 12.1 Å². The highest BCUT2D eigenvalue weighted by Crippen LogP contribution is 2.30. The van der Waals surface area contributed by atoms with Gasteiger partial charge in [0.15, 0.2) is 5.82 Å². The molecule has 0 spiro atoms. The van der Waals surface area contributed by atoms with Crippen molar-refractivity contribution in [2.75, 3.05) is 18.5 Å². The molecular weight excluding hydrogens is 488 g/mol. The van der Waals surface area contributed by atoms with Crippen molar-refractivity contribution in [3.8, 4) is 17.3 Å². The molecule has 38 heavy (non-hydrogen) atoms. The molecule has 5 rings (SSSR count). The molecule has 5 aromatic rings. The van der Waals surface area contributed by atoms with Crippen molar-refractivity contribution in [2.45, 2.75) is 26.8 Å². The van der Waals surface area contributed by atoms with E-state index in [1.54, 1.807) is 24.0 Å². The van der Waals surface area contributed by atoms with E-state index in [-0.39, 0.29) is 17.9 Å². The molecule has 0 saturated heterocycles. The number of anilines is 2. The highest BCUT2D eigenvalue weighted by Gasteiger charge is 2.19. The summed E-state index contributed by atoms with van der Waals surface area (Å²) in [6, 6.07) is 13.6. The van der Waals surface area contributed by atoms with Crippen LogP contribution in [0.1, 0.15) is 23.7 Å². The van der Waals surface area contributed by atoms with Crippen LogP contribution in [0.15, 0.2) is 60.9 Å². The van der Waals surface area contributed by atoms with Gasteiger partial charge in [0.1, 0.15) is 28.9 Å². The third-order valence-corrected chi connectivity index (χ3v) is 6.04. The first kappa shape index (κ1) is 25.2. The predicted molar refractivity (Wildman–Crippen MR) is 142 cm³/mol. The Morgan fingerprint density at radius 3 is 2.58 bits per heavy atom. The van der Waals surface area contributed by atoms with E-state index in [2.05, 4.69) is 15.3 Å². The zero-order valence-electron chi connectivity index (χ0n) is 21.1. The smallest absolute Gasteiger partial charge is 0.182 e. The zero-order valence-corrected chi connectivity index (χ0v) is 21.1. The Kier molecular flexibility index (Phi) is 7.23. The number of benzene rings is 2. The average Bonchev–Trinajstić information content (AvgIpc) is 3.26. The van der Waals surface area contributed by atoms with Gasteiger partial charge in [0, 0.05) is 52.4 Å². The summed E-state index contributed by atoms with van der Waals surface area (Å²) in [6.45, 7) is 4.30. The lowest BCUT2D eigenvalue weighted by atomic mass is 10.1. The van der Waals surface area contributed by atoms with Crippen LogP contribution < -0.4 is 15.8 Å². The number of para-hydroxylation sites is 1. The summed E-state index contributed by atoms with van der Waals surface area (Å²) in [5.74, 6) is -0.269. The van der Waals surface area contributed by atoms with Crippen LogP contribution in [0, 0.1) is 18.6 Å². The van der Waals surface area contributed by atoms with Crippen LogP contribution in [0.4, 0.5) is 20.3 Å². The number of fused-ring (bicyclic) bond motifs is 1. The summed E-state index contributed by atoms with van der Waals surface area (Å²) in [5.41, 5.74) is 9.46. The summed E-state index contributed by atoms with van der Waals surface area (Å²) >= 11 is 0. The molecule has 10 heteroatoms. The first-order valence-electron chi connectivity index (χ1n) is 12.3. The van der Waals surface area contributed by atoms with E-state index in [1.807, 2.05) is 43.3 Å². The van der Waals surface area contributed by atoms with Gasteiger partial charge in [-0.25, -0.2) is 18.7 Å². The normalized spacial score (nSPS) is 11.2. The maximum absolute atomic E-state index is 14.8. The average molecular weight is 516 g/mol. The Morgan fingerprint density at radius 2 is 1.84 bits per heavy atom. The number of aryl methyl sites for hydroxylation is 1. The molecule has 0 bridgehead atoms. The van der Waals surface area contributed by atoms with Gasteiger partial charge in [-0.05, 0) is 45.0 Å². The van der Waals surface area contributed by atoms with Crippen LogP contribution in [0.2, 0.25) is 0 Å². The van der Waals surface area contributed by atoms with E-state index in [4.69, 9.17) is 20.6 Å². The van der Waals surface area contributed by atoms with Gasteiger partial charge in [-0.3, -0.25) is 9.67 Å². The molecule has 0 unspecified atom stereocenters.